The highest BCUT2D eigenvalue weighted by molar-refractivity contribution is 5.94. The molecular weight excluding hydrogens is 311 g/mol. The molecule has 0 bridgehead atoms. The maximum absolute atomic E-state index is 13.8. The Hall–Kier alpha value is -2.63. The standard InChI is InChI=1S/C18H19FN2O3/c1-23-17-3-2-13(12-16(17)19)18(22)21-10-6-15(7-11-21)24-14-4-8-20-9-5-14/h2-5,8-9,12,15H,6-7,10-11H2,1H3. The van der Waals surface area contributed by atoms with Gasteiger partial charge in [0.05, 0.1) is 7.11 Å². The highest BCUT2D eigenvalue weighted by Gasteiger charge is 2.25. The Kier molecular flexibility index (Phi) is 4.93. The molecule has 0 N–H and O–H groups in total. The fraction of sp³-hybridized carbons (Fsp3) is 0.333. The van der Waals surface area contributed by atoms with Crippen molar-refractivity contribution in [1.29, 1.82) is 0 Å². The number of aromatic nitrogens is 1. The third-order valence-corrected chi connectivity index (χ3v) is 4.08. The van der Waals surface area contributed by atoms with Crippen LogP contribution < -0.4 is 9.47 Å². The van der Waals surface area contributed by atoms with Gasteiger partial charge in [0, 0.05) is 43.9 Å². The summed E-state index contributed by atoms with van der Waals surface area (Å²) in [6.07, 6.45) is 4.93. The molecule has 2 heterocycles. The number of likely N-dealkylation sites (tertiary alicyclic amines) is 1. The van der Waals surface area contributed by atoms with Crippen molar-refractivity contribution in [2.45, 2.75) is 18.9 Å². The van der Waals surface area contributed by atoms with Crippen molar-refractivity contribution < 1.29 is 18.7 Å². The van der Waals surface area contributed by atoms with E-state index in [-0.39, 0.29) is 17.8 Å². The summed E-state index contributed by atoms with van der Waals surface area (Å²) in [7, 11) is 1.40. The number of methoxy groups -OCH3 is 1. The lowest BCUT2D eigenvalue weighted by atomic mass is 10.1. The predicted octanol–water partition coefficient (Wildman–Crippen LogP) is 2.91. The zero-order chi connectivity index (χ0) is 16.9. The molecule has 1 aromatic carbocycles. The first-order chi connectivity index (χ1) is 11.7. The van der Waals surface area contributed by atoms with E-state index >= 15 is 0 Å². The number of piperidine rings is 1. The monoisotopic (exact) mass is 330 g/mol. The van der Waals surface area contributed by atoms with Gasteiger partial charge in [0.1, 0.15) is 11.9 Å². The van der Waals surface area contributed by atoms with Crippen molar-refractivity contribution in [3.63, 3.8) is 0 Å². The second-order valence-electron chi connectivity index (χ2n) is 5.64. The minimum Gasteiger partial charge on any atom is -0.494 e. The Balaban J connectivity index is 1.58. The minimum absolute atomic E-state index is 0.0732. The van der Waals surface area contributed by atoms with Gasteiger partial charge in [-0.25, -0.2) is 4.39 Å². The molecule has 1 aromatic heterocycles. The van der Waals surface area contributed by atoms with Gasteiger partial charge in [-0.15, -0.1) is 0 Å². The minimum atomic E-state index is -0.528. The third-order valence-electron chi connectivity index (χ3n) is 4.08. The molecule has 1 aliphatic heterocycles. The lowest BCUT2D eigenvalue weighted by molar-refractivity contribution is 0.0595. The molecule has 6 heteroatoms. The summed E-state index contributed by atoms with van der Waals surface area (Å²) < 4.78 is 24.5. The van der Waals surface area contributed by atoms with Gasteiger partial charge in [-0.1, -0.05) is 0 Å². The maximum Gasteiger partial charge on any atom is 0.253 e. The molecule has 0 radical (unpaired) electrons. The van der Waals surface area contributed by atoms with E-state index in [2.05, 4.69) is 4.98 Å². The van der Waals surface area contributed by atoms with Gasteiger partial charge in [0.15, 0.2) is 11.6 Å². The lowest BCUT2D eigenvalue weighted by Gasteiger charge is -2.32. The Morgan fingerprint density at radius 2 is 1.92 bits per heavy atom. The van der Waals surface area contributed by atoms with E-state index < -0.39 is 5.82 Å². The van der Waals surface area contributed by atoms with Crippen LogP contribution in [0.15, 0.2) is 42.7 Å². The predicted molar refractivity (Wildman–Crippen MR) is 86.7 cm³/mol. The smallest absolute Gasteiger partial charge is 0.253 e. The van der Waals surface area contributed by atoms with Crippen LogP contribution in [0.5, 0.6) is 11.5 Å². The van der Waals surface area contributed by atoms with E-state index in [0.29, 0.717) is 18.7 Å². The van der Waals surface area contributed by atoms with E-state index in [1.165, 1.54) is 19.2 Å². The number of amides is 1. The molecule has 3 rings (SSSR count). The molecule has 1 amide bonds. The molecule has 0 atom stereocenters. The zero-order valence-electron chi connectivity index (χ0n) is 13.4. The van der Waals surface area contributed by atoms with Gasteiger partial charge in [0.25, 0.3) is 5.91 Å². The highest BCUT2D eigenvalue weighted by atomic mass is 19.1. The fourth-order valence-corrected chi connectivity index (χ4v) is 2.77. The summed E-state index contributed by atoms with van der Waals surface area (Å²) in [5.41, 5.74) is 0.335. The number of carbonyl (C=O) groups excluding carboxylic acids is 1. The average molecular weight is 330 g/mol. The highest BCUT2D eigenvalue weighted by Crippen LogP contribution is 2.22. The zero-order valence-corrected chi connectivity index (χ0v) is 13.4. The van der Waals surface area contributed by atoms with Crippen molar-refractivity contribution in [2.75, 3.05) is 20.2 Å². The SMILES string of the molecule is COc1ccc(C(=O)N2CCC(Oc3ccncc3)CC2)cc1F. The van der Waals surface area contributed by atoms with Gasteiger partial charge < -0.3 is 14.4 Å². The van der Waals surface area contributed by atoms with Crippen LogP contribution in [0.4, 0.5) is 4.39 Å². The second-order valence-corrected chi connectivity index (χ2v) is 5.64. The summed E-state index contributed by atoms with van der Waals surface area (Å²) >= 11 is 0. The average Bonchev–Trinajstić information content (AvgIpc) is 2.62. The summed E-state index contributed by atoms with van der Waals surface area (Å²) in [6.45, 7) is 1.17. The van der Waals surface area contributed by atoms with E-state index in [1.807, 2.05) is 12.1 Å². The quantitative estimate of drug-likeness (QED) is 0.865. The largest absolute Gasteiger partial charge is 0.494 e. The Bertz CT molecular complexity index is 701. The molecule has 0 spiro atoms. The van der Waals surface area contributed by atoms with Crippen LogP contribution in [0.25, 0.3) is 0 Å². The van der Waals surface area contributed by atoms with Crippen molar-refractivity contribution in [3.8, 4) is 11.5 Å². The molecule has 1 fully saturated rings. The van der Waals surface area contributed by atoms with Gasteiger partial charge in [-0.3, -0.25) is 9.78 Å². The summed E-state index contributed by atoms with van der Waals surface area (Å²) in [4.78, 5) is 18.2. The maximum atomic E-state index is 13.8. The van der Waals surface area contributed by atoms with Crippen molar-refractivity contribution in [1.82, 2.24) is 9.88 Å². The number of rotatable bonds is 4. The fourth-order valence-electron chi connectivity index (χ4n) is 2.77. The summed E-state index contributed by atoms with van der Waals surface area (Å²) in [5.74, 6) is 0.223. The molecule has 0 saturated carbocycles. The molecule has 2 aromatic rings. The molecule has 126 valence electrons. The van der Waals surface area contributed by atoms with Gasteiger partial charge in [0.2, 0.25) is 0 Å². The number of hydrogen-bond acceptors (Lipinski definition) is 4. The van der Waals surface area contributed by atoms with Gasteiger partial charge >= 0.3 is 0 Å². The van der Waals surface area contributed by atoms with Crippen LogP contribution in [0, 0.1) is 5.82 Å². The van der Waals surface area contributed by atoms with Crippen LogP contribution in [0.1, 0.15) is 23.2 Å². The van der Waals surface area contributed by atoms with Crippen LogP contribution in [0.2, 0.25) is 0 Å². The Morgan fingerprint density at radius 1 is 1.21 bits per heavy atom. The molecule has 1 saturated heterocycles. The number of nitrogens with zero attached hydrogens (tertiary/aromatic N) is 2. The molecular formula is C18H19FN2O3. The number of ether oxygens (including phenoxy) is 2. The van der Waals surface area contributed by atoms with Crippen LogP contribution >= 0.6 is 0 Å². The molecule has 0 aliphatic carbocycles. The topological polar surface area (TPSA) is 51.7 Å². The first-order valence-electron chi connectivity index (χ1n) is 7.87. The molecule has 1 aliphatic rings. The molecule has 5 nitrogen and oxygen atoms in total. The Labute approximate surface area is 140 Å². The summed E-state index contributed by atoms with van der Waals surface area (Å²) in [6, 6.07) is 7.92. The normalized spacial score (nSPS) is 15.2. The van der Waals surface area contributed by atoms with E-state index in [9.17, 15) is 9.18 Å². The van der Waals surface area contributed by atoms with Crippen LogP contribution in [-0.2, 0) is 0 Å². The van der Waals surface area contributed by atoms with E-state index in [4.69, 9.17) is 9.47 Å². The summed E-state index contributed by atoms with van der Waals surface area (Å²) in [5, 5.41) is 0. The van der Waals surface area contributed by atoms with Crippen molar-refractivity contribution in [2.24, 2.45) is 0 Å². The van der Waals surface area contributed by atoms with Crippen LogP contribution in [0.3, 0.4) is 0 Å². The Morgan fingerprint density at radius 3 is 2.54 bits per heavy atom. The van der Waals surface area contributed by atoms with Crippen molar-refractivity contribution in [3.05, 3.63) is 54.1 Å². The molecule has 0 unspecified atom stereocenters. The van der Waals surface area contributed by atoms with E-state index in [1.54, 1.807) is 23.4 Å². The van der Waals surface area contributed by atoms with E-state index in [0.717, 1.165) is 18.6 Å². The first-order valence-corrected chi connectivity index (χ1v) is 7.87. The van der Waals surface area contributed by atoms with Gasteiger partial charge in [-0.05, 0) is 30.3 Å². The third kappa shape index (κ3) is 3.64. The first kappa shape index (κ1) is 16.2. The lowest BCUT2D eigenvalue weighted by Crippen LogP contribution is -2.41. The molecule has 24 heavy (non-hydrogen) atoms. The number of halogens is 1. The van der Waals surface area contributed by atoms with Crippen molar-refractivity contribution >= 4 is 5.91 Å². The van der Waals surface area contributed by atoms with Gasteiger partial charge in [-0.2, -0.15) is 0 Å². The number of benzene rings is 1. The number of carbonyl (C=O) groups is 1. The second kappa shape index (κ2) is 7.29. The van der Waals surface area contributed by atoms with Crippen LogP contribution in [-0.4, -0.2) is 42.1 Å². The number of hydrogen-bond donors (Lipinski definition) is 0. The number of pyridine rings is 1.